The van der Waals surface area contributed by atoms with Gasteiger partial charge in [-0.15, -0.1) is 0 Å². The molecule has 142 valence electrons. The van der Waals surface area contributed by atoms with Crippen molar-refractivity contribution in [2.45, 2.75) is 0 Å². The number of nitrogens with one attached hydrogen (secondary N) is 1. The molecule has 0 amide bonds. The Morgan fingerprint density at radius 2 is 1.62 bits per heavy atom. The number of para-hydroxylation sites is 1. The van der Waals surface area contributed by atoms with E-state index in [1.807, 2.05) is 24.3 Å². The number of rotatable bonds is 3. The second kappa shape index (κ2) is 6.42. The van der Waals surface area contributed by atoms with Gasteiger partial charge in [0.15, 0.2) is 16.7 Å². The SMILES string of the molecule is COc1cc(Nc2nc3ccccc3s2)c2c(c1N)C(=O)c1ccccc1C2=O. The molecule has 1 heterocycles. The van der Waals surface area contributed by atoms with Gasteiger partial charge in [-0.25, -0.2) is 4.98 Å². The molecule has 29 heavy (non-hydrogen) atoms. The van der Waals surface area contributed by atoms with Crippen molar-refractivity contribution in [1.82, 2.24) is 4.98 Å². The van der Waals surface area contributed by atoms with Gasteiger partial charge in [0, 0.05) is 17.2 Å². The zero-order valence-electron chi connectivity index (χ0n) is 15.4. The Morgan fingerprint density at radius 1 is 0.966 bits per heavy atom. The maximum atomic E-state index is 13.3. The van der Waals surface area contributed by atoms with Crippen LogP contribution in [0.1, 0.15) is 31.8 Å². The minimum atomic E-state index is -0.293. The van der Waals surface area contributed by atoms with Crippen LogP contribution >= 0.6 is 11.3 Å². The molecule has 1 aliphatic rings. The smallest absolute Gasteiger partial charge is 0.196 e. The number of anilines is 3. The molecule has 3 N–H and O–H groups in total. The van der Waals surface area contributed by atoms with Crippen molar-refractivity contribution in [3.05, 3.63) is 76.9 Å². The number of methoxy groups -OCH3 is 1. The van der Waals surface area contributed by atoms with Gasteiger partial charge in [-0.2, -0.15) is 0 Å². The van der Waals surface area contributed by atoms with Gasteiger partial charge in [0.1, 0.15) is 5.75 Å². The van der Waals surface area contributed by atoms with Gasteiger partial charge in [-0.3, -0.25) is 9.59 Å². The van der Waals surface area contributed by atoms with Gasteiger partial charge in [0.25, 0.3) is 0 Å². The van der Waals surface area contributed by atoms with Crippen LogP contribution in [0.5, 0.6) is 5.75 Å². The molecule has 0 saturated heterocycles. The molecular weight excluding hydrogens is 386 g/mol. The standard InChI is InChI=1S/C22H15N3O3S/c1-28-15-10-14(25-22-24-13-8-4-5-9-16(13)29-22)17-18(19(15)23)21(27)12-7-3-2-6-11(12)20(17)26/h2-10H,23H2,1H3,(H,24,25). The van der Waals surface area contributed by atoms with E-state index >= 15 is 0 Å². The monoisotopic (exact) mass is 401 g/mol. The molecule has 3 aromatic carbocycles. The average molecular weight is 401 g/mol. The molecule has 0 bridgehead atoms. The molecule has 0 unspecified atom stereocenters. The van der Waals surface area contributed by atoms with Crippen molar-refractivity contribution >= 4 is 49.6 Å². The van der Waals surface area contributed by atoms with E-state index in [0.29, 0.717) is 27.7 Å². The molecule has 0 aliphatic heterocycles. The zero-order valence-corrected chi connectivity index (χ0v) is 16.2. The van der Waals surface area contributed by atoms with Crippen molar-refractivity contribution in [2.75, 3.05) is 18.2 Å². The predicted molar refractivity (Wildman–Crippen MR) is 114 cm³/mol. The van der Waals surface area contributed by atoms with Crippen LogP contribution in [0.4, 0.5) is 16.5 Å². The lowest BCUT2D eigenvalue weighted by Crippen LogP contribution is -2.24. The number of hydrogen-bond donors (Lipinski definition) is 2. The van der Waals surface area contributed by atoms with E-state index in [1.165, 1.54) is 18.4 Å². The van der Waals surface area contributed by atoms with E-state index in [2.05, 4.69) is 10.3 Å². The highest BCUT2D eigenvalue weighted by Crippen LogP contribution is 2.42. The van der Waals surface area contributed by atoms with E-state index in [9.17, 15) is 9.59 Å². The number of aromatic nitrogens is 1. The highest BCUT2D eigenvalue weighted by Gasteiger charge is 2.35. The van der Waals surface area contributed by atoms with E-state index in [0.717, 1.165) is 10.2 Å². The summed E-state index contributed by atoms with van der Waals surface area (Å²) in [5.74, 6) is -0.222. The quantitative estimate of drug-likeness (QED) is 0.435. The molecule has 0 atom stereocenters. The number of ether oxygens (including phenoxy) is 1. The Kier molecular flexibility index (Phi) is 3.85. The third kappa shape index (κ3) is 2.59. The summed E-state index contributed by atoms with van der Waals surface area (Å²) in [4.78, 5) is 31.0. The minimum absolute atomic E-state index is 0.158. The molecule has 6 nitrogen and oxygen atoms in total. The van der Waals surface area contributed by atoms with E-state index in [1.54, 1.807) is 30.3 Å². The number of carbonyl (C=O) groups is 2. The van der Waals surface area contributed by atoms with Crippen LogP contribution in [-0.2, 0) is 0 Å². The number of benzene rings is 3. The van der Waals surface area contributed by atoms with Crippen molar-refractivity contribution in [1.29, 1.82) is 0 Å². The summed E-state index contributed by atoms with van der Waals surface area (Å²) in [6.07, 6.45) is 0. The lowest BCUT2D eigenvalue weighted by atomic mass is 9.82. The maximum absolute atomic E-state index is 13.3. The van der Waals surface area contributed by atoms with E-state index in [4.69, 9.17) is 10.5 Å². The summed E-state index contributed by atoms with van der Waals surface area (Å²) in [6.45, 7) is 0. The number of nitrogens with two attached hydrogens (primary N) is 1. The second-order valence-electron chi connectivity index (χ2n) is 6.61. The summed E-state index contributed by atoms with van der Waals surface area (Å²) >= 11 is 1.46. The fraction of sp³-hybridized carbons (Fsp3) is 0.0455. The molecule has 1 aliphatic carbocycles. The highest BCUT2D eigenvalue weighted by molar-refractivity contribution is 7.22. The number of ketones is 2. The van der Waals surface area contributed by atoms with Crippen LogP contribution in [0.15, 0.2) is 54.6 Å². The van der Waals surface area contributed by atoms with Crippen molar-refractivity contribution in [3.63, 3.8) is 0 Å². The first kappa shape index (κ1) is 17.4. The lowest BCUT2D eigenvalue weighted by molar-refractivity contribution is 0.0980. The van der Waals surface area contributed by atoms with Crippen LogP contribution in [-0.4, -0.2) is 23.7 Å². The largest absolute Gasteiger partial charge is 0.494 e. The number of thiazole rings is 1. The number of hydrogen-bond acceptors (Lipinski definition) is 7. The van der Waals surface area contributed by atoms with E-state index in [-0.39, 0.29) is 28.4 Å². The maximum Gasteiger partial charge on any atom is 0.196 e. The summed E-state index contributed by atoms with van der Waals surface area (Å²) in [5.41, 5.74) is 8.77. The van der Waals surface area contributed by atoms with Crippen molar-refractivity contribution < 1.29 is 14.3 Å². The first-order chi connectivity index (χ1) is 14.1. The molecule has 7 heteroatoms. The summed E-state index contributed by atoms with van der Waals surface area (Å²) < 4.78 is 6.39. The summed E-state index contributed by atoms with van der Waals surface area (Å²) in [6, 6.07) is 16.1. The molecule has 4 aromatic rings. The molecule has 0 saturated carbocycles. The molecule has 5 rings (SSSR count). The van der Waals surface area contributed by atoms with Gasteiger partial charge >= 0.3 is 0 Å². The van der Waals surface area contributed by atoms with Crippen molar-refractivity contribution in [3.8, 4) is 5.75 Å². The van der Waals surface area contributed by atoms with E-state index < -0.39 is 0 Å². The topological polar surface area (TPSA) is 94.3 Å². The van der Waals surface area contributed by atoms with Gasteiger partial charge in [-0.1, -0.05) is 47.7 Å². The van der Waals surface area contributed by atoms with Crippen LogP contribution in [0.3, 0.4) is 0 Å². The number of carbonyl (C=O) groups excluding carboxylic acids is 2. The molecule has 1 aromatic heterocycles. The first-order valence-electron chi connectivity index (χ1n) is 8.90. The minimum Gasteiger partial charge on any atom is -0.494 e. The highest BCUT2D eigenvalue weighted by atomic mass is 32.1. The second-order valence-corrected chi connectivity index (χ2v) is 7.64. The number of nitrogen functional groups attached to an aromatic ring is 1. The van der Waals surface area contributed by atoms with Crippen LogP contribution in [0.25, 0.3) is 10.2 Å². The van der Waals surface area contributed by atoms with Gasteiger partial charge in [-0.05, 0) is 12.1 Å². The fourth-order valence-electron chi connectivity index (χ4n) is 3.60. The number of fused-ring (bicyclic) bond motifs is 3. The summed E-state index contributed by atoms with van der Waals surface area (Å²) in [5, 5.41) is 3.81. The normalized spacial score (nSPS) is 12.6. The molecule has 0 radical (unpaired) electrons. The van der Waals surface area contributed by atoms with Gasteiger partial charge < -0.3 is 15.8 Å². The average Bonchev–Trinajstić information content (AvgIpc) is 3.15. The predicted octanol–water partition coefficient (Wildman–Crippen LogP) is 4.41. The van der Waals surface area contributed by atoms with Gasteiger partial charge in [0.2, 0.25) is 0 Å². The van der Waals surface area contributed by atoms with Crippen LogP contribution < -0.4 is 15.8 Å². The lowest BCUT2D eigenvalue weighted by Gasteiger charge is -2.23. The summed E-state index contributed by atoms with van der Waals surface area (Å²) in [7, 11) is 1.47. The Bertz CT molecular complexity index is 1290. The van der Waals surface area contributed by atoms with Crippen molar-refractivity contribution in [2.24, 2.45) is 0 Å². The van der Waals surface area contributed by atoms with Crippen LogP contribution in [0.2, 0.25) is 0 Å². The molecular formula is C22H15N3O3S. The van der Waals surface area contributed by atoms with Gasteiger partial charge in [0.05, 0.1) is 39.8 Å². The van der Waals surface area contributed by atoms with Crippen LogP contribution in [0, 0.1) is 0 Å². The third-order valence-corrected chi connectivity index (χ3v) is 5.91. The number of nitrogens with zero attached hydrogens (tertiary/aromatic N) is 1. The zero-order chi connectivity index (χ0) is 20.1. The molecule has 0 spiro atoms. The third-order valence-electron chi connectivity index (χ3n) is 4.96. The fourth-order valence-corrected chi connectivity index (χ4v) is 4.48. The Hall–Kier alpha value is -3.71. The Balaban J connectivity index is 1.72. The Morgan fingerprint density at radius 3 is 2.31 bits per heavy atom. The first-order valence-corrected chi connectivity index (χ1v) is 9.71. The Labute approximate surface area is 170 Å². The molecule has 0 fully saturated rings.